The van der Waals surface area contributed by atoms with Crippen LogP contribution < -0.4 is 10.5 Å². The molecule has 2 aromatic heterocycles. The molecule has 0 spiro atoms. The second-order valence-electron chi connectivity index (χ2n) is 4.50. The topological polar surface area (TPSA) is 90.0 Å². The van der Waals surface area contributed by atoms with Crippen molar-refractivity contribution in [2.45, 2.75) is 31.2 Å². The zero-order chi connectivity index (χ0) is 15.5. The molecule has 6 nitrogen and oxygen atoms in total. The second-order valence-corrected chi connectivity index (χ2v) is 8.78. The number of hydrogen-bond donors (Lipinski definition) is 2. The van der Waals surface area contributed by atoms with Crippen LogP contribution in [-0.4, -0.2) is 24.7 Å². The lowest BCUT2D eigenvalue weighted by Gasteiger charge is -2.04. The number of thiophene rings is 1. The minimum atomic E-state index is -3.62. The van der Waals surface area contributed by atoms with Crippen molar-refractivity contribution < 1.29 is 8.42 Å². The molecule has 0 fully saturated rings. The van der Waals surface area contributed by atoms with Crippen molar-refractivity contribution in [2.24, 2.45) is 0 Å². The van der Waals surface area contributed by atoms with E-state index in [2.05, 4.69) is 25.8 Å². The number of nitrogens with two attached hydrogens (primary N) is 1. The largest absolute Gasteiger partial charge is 0.381 e. The first kappa shape index (κ1) is 16.5. The van der Waals surface area contributed by atoms with Crippen LogP contribution in [0.2, 0.25) is 0 Å². The fourth-order valence-corrected chi connectivity index (χ4v) is 4.43. The molecule has 21 heavy (non-hydrogen) atoms. The van der Waals surface area contributed by atoms with Crippen LogP contribution in [0.5, 0.6) is 0 Å². The summed E-state index contributed by atoms with van der Waals surface area (Å²) in [5.74, 6) is 0.0369. The van der Waals surface area contributed by atoms with Crippen molar-refractivity contribution >= 4 is 43.1 Å². The van der Waals surface area contributed by atoms with Gasteiger partial charge in [0.05, 0.1) is 3.79 Å². The molecule has 2 aromatic rings. The number of anilines is 1. The Kier molecular flexibility index (Phi) is 5.42. The molecule has 0 saturated heterocycles. The molecule has 0 aliphatic carbocycles. The van der Waals surface area contributed by atoms with Crippen LogP contribution in [0.3, 0.4) is 0 Å². The van der Waals surface area contributed by atoms with Gasteiger partial charge < -0.3 is 5.73 Å². The summed E-state index contributed by atoms with van der Waals surface area (Å²) in [6, 6.07) is 3.91. The van der Waals surface area contributed by atoms with Gasteiger partial charge in [-0.2, -0.15) is 5.10 Å². The monoisotopic (exact) mass is 392 g/mol. The number of nitrogens with zero attached hydrogens (tertiary/aromatic N) is 2. The lowest BCUT2D eigenvalue weighted by molar-refractivity contribution is 0.579. The van der Waals surface area contributed by atoms with Gasteiger partial charge in [-0.05, 0) is 40.9 Å². The van der Waals surface area contributed by atoms with Crippen molar-refractivity contribution in [2.75, 3.05) is 12.3 Å². The number of aryl methyl sites for hydroxylation is 1. The van der Waals surface area contributed by atoms with Crippen LogP contribution >= 0.6 is 27.3 Å². The molecule has 0 saturated carbocycles. The number of aromatic nitrogens is 2. The van der Waals surface area contributed by atoms with E-state index in [0.29, 0.717) is 19.5 Å². The van der Waals surface area contributed by atoms with Crippen molar-refractivity contribution in [3.8, 4) is 0 Å². The predicted molar refractivity (Wildman–Crippen MR) is 87.8 cm³/mol. The van der Waals surface area contributed by atoms with Crippen LogP contribution in [0.4, 0.5) is 5.82 Å². The average Bonchev–Trinajstić information content (AvgIpc) is 2.96. The fraction of sp³-hybridized carbons (Fsp3) is 0.417. The Morgan fingerprint density at radius 2 is 2.24 bits per heavy atom. The van der Waals surface area contributed by atoms with Gasteiger partial charge >= 0.3 is 0 Å². The van der Waals surface area contributed by atoms with E-state index in [0.717, 1.165) is 15.1 Å². The van der Waals surface area contributed by atoms with Gasteiger partial charge in [0.1, 0.15) is 4.90 Å². The summed E-state index contributed by atoms with van der Waals surface area (Å²) in [5.41, 5.74) is 5.69. The molecule has 2 heterocycles. The SMILES string of the molecule is CCCn1cc(S(=O)(=O)NCCc2ccc(Br)s2)c(N)n1. The molecule has 0 bridgehead atoms. The van der Waals surface area contributed by atoms with Crippen molar-refractivity contribution in [3.05, 3.63) is 27.0 Å². The minimum Gasteiger partial charge on any atom is -0.381 e. The molecule has 2 rings (SSSR count). The highest BCUT2D eigenvalue weighted by Gasteiger charge is 2.20. The predicted octanol–water partition coefficient (Wildman–Crippen LogP) is 2.22. The van der Waals surface area contributed by atoms with E-state index < -0.39 is 10.0 Å². The molecule has 0 aliphatic rings. The summed E-state index contributed by atoms with van der Waals surface area (Å²) in [4.78, 5) is 1.16. The van der Waals surface area contributed by atoms with Crippen molar-refractivity contribution in [1.29, 1.82) is 0 Å². The summed E-state index contributed by atoms with van der Waals surface area (Å²) in [6.07, 6.45) is 2.97. The van der Waals surface area contributed by atoms with Crippen LogP contribution in [0, 0.1) is 0 Å². The Morgan fingerprint density at radius 1 is 1.48 bits per heavy atom. The maximum atomic E-state index is 12.2. The Labute approximate surface area is 136 Å². The molecular weight excluding hydrogens is 376 g/mol. The standard InChI is InChI=1S/C12H17BrN4O2S2/c1-2-7-17-8-10(12(14)16-17)21(18,19)15-6-5-9-3-4-11(13)20-9/h3-4,8,15H,2,5-7H2,1H3,(H2,14,16). The van der Waals surface area contributed by atoms with E-state index in [4.69, 9.17) is 5.73 Å². The summed E-state index contributed by atoms with van der Waals surface area (Å²) < 4.78 is 29.6. The van der Waals surface area contributed by atoms with Crippen molar-refractivity contribution in [1.82, 2.24) is 14.5 Å². The van der Waals surface area contributed by atoms with Gasteiger partial charge in [-0.3, -0.25) is 4.68 Å². The quantitative estimate of drug-likeness (QED) is 0.755. The van der Waals surface area contributed by atoms with E-state index in [9.17, 15) is 8.42 Å². The Morgan fingerprint density at radius 3 is 2.86 bits per heavy atom. The van der Waals surface area contributed by atoms with Gasteiger partial charge in [0.15, 0.2) is 5.82 Å². The van der Waals surface area contributed by atoms with Crippen molar-refractivity contribution in [3.63, 3.8) is 0 Å². The zero-order valence-corrected chi connectivity index (χ0v) is 14.8. The summed E-state index contributed by atoms with van der Waals surface area (Å²) in [7, 11) is -3.62. The number of rotatable bonds is 7. The lowest BCUT2D eigenvalue weighted by atomic mass is 10.3. The molecule has 0 unspecified atom stereocenters. The van der Waals surface area contributed by atoms with Gasteiger partial charge in [0.2, 0.25) is 10.0 Å². The highest BCUT2D eigenvalue weighted by atomic mass is 79.9. The van der Waals surface area contributed by atoms with Gasteiger partial charge in [-0.25, -0.2) is 13.1 Å². The van der Waals surface area contributed by atoms with Gasteiger partial charge in [0.25, 0.3) is 0 Å². The zero-order valence-electron chi connectivity index (χ0n) is 11.5. The Hall–Kier alpha value is -0.900. The molecular formula is C12H17BrN4O2S2. The molecule has 0 radical (unpaired) electrons. The van der Waals surface area contributed by atoms with Gasteiger partial charge in [-0.1, -0.05) is 6.92 Å². The third-order valence-corrected chi connectivity index (χ3v) is 5.95. The van der Waals surface area contributed by atoms with Gasteiger partial charge in [0, 0.05) is 24.2 Å². The van der Waals surface area contributed by atoms with E-state index in [1.807, 2.05) is 19.1 Å². The highest BCUT2D eigenvalue weighted by molar-refractivity contribution is 9.11. The Balaban J connectivity index is 2.01. The maximum Gasteiger partial charge on any atom is 0.245 e. The number of hydrogen-bond acceptors (Lipinski definition) is 5. The normalized spacial score (nSPS) is 11.9. The smallest absolute Gasteiger partial charge is 0.245 e. The summed E-state index contributed by atoms with van der Waals surface area (Å²) in [5, 5.41) is 4.01. The molecule has 0 atom stereocenters. The van der Waals surface area contributed by atoms with E-state index in [1.165, 1.54) is 6.20 Å². The third kappa shape index (κ3) is 4.29. The number of halogens is 1. The summed E-state index contributed by atoms with van der Waals surface area (Å²) >= 11 is 4.97. The van der Waals surface area contributed by atoms with Gasteiger partial charge in [-0.15, -0.1) is 11.3 Å². The molecule has 0 aliphatic heterocycles. The number of nitrogens with one attached hydrogen (secondary N) is 1. The Bertz CT molecular complexity index is 709. The molecule has 3 N–H and O–H groups in total. The number of sulfonamides is 1. The number of nitrogen functional groups attached to an aromatic ring is 1. The summed E-state index contributed by atoms with van der Waals surface area (Å²) in [6.45, 7) is 2.96. The van der Waals surface area contributed by atoms with Crippen LogP contribution in [0.1, 0.15) is 18.2 Å². The molecule has 9 heteroatoms. The highest BCUT2D eigenvalue weighted by Crippen LogP contribution is 2.22. The molecule has 116 valence electrons. The van der Waals surface area contributed by atoms with E-state index in [-0.39, 0.29) is 10.7 Å². The first-order valence-electron chi connectivity index (χ1n) is 6.49. The van der Waals surface area contributed by atoms with Crippen LogP contribution in [-0.2, 0) is 23.0 Å². The van der Waals surface area contributed by atoms with Crippen LogP contribution in [0.15, 0.2) is 27.0 Å². The maximum absolute atomic E-state index is 12.2. The van der Waals surface area contributed by atoms with Crippen LogP contribution in [0.25, 0.3) is 0 Å². The fourth-order valence-electron chi connectivity index (χ4n) is 1.84. The average molecular weight is 393 g/mol. The molecule has 0 aromatic carbocycles. The lowest BCUT2D eigenvalue weighted by Crippen LogP contribution is -2.26. The first-order chi connectivity index (χ1) is 9.92. The second kappa shape index (κ2) is 6.91. The van der Waals surface area contributed by atoms with E-state index >= 15 is 0 Å². The molecule has 0 amide bonds. The minimum absolute atomic E-state index is 0.0369. The van der Waals surface area contributed by atoms with E-state index in [1.54, 1.807) is 16.0 Å². The first-order valence-corrected chi connectivity index (χ1v) is 9.58. The third-order valence-electron chi connectivity index (χ3n) is 2.79.